The van der Waals surface area contributed by atoms with E-state index in [0.717, 1.165) is 24.8 Å². The number of carbonyl (C=O) groups excluding carboxylic acids is 3. The summed E-state index contributed by atoms with van der Waals surface area (Å²) in [6, 6.07) is 5.57. The molecule has 1 fully saturated rings. The molecule has 0 aromatic heterocycles. The highest BCUT2D eigenvalue weighted by Crippen LogP contribution is 2.37. The maximum atomic E-state index is 13.1. The number of hydrogen-bond donors (Lipinski definition) is 3. The predicted octanol–water partition coefficient (Wildman–Crippen LogP) is 1.36. The molecule has 3 amide bonds. The number of amides is 3. The van der Waals surface area contributed by atoms with Gasteiger partial charge in [-0.25, -0.2) is 0 Å². The Morgan fingerprint density at radius 3 is 2.58 bits per heavy atom. The number of hydrogen-bond acceptors (Lipinski definition) is 5. The second-order valence-electron chi connectivity index (χ2n) is 8.54. The Labute approximate surface area is 183 Å². The van der Waals surface area contributed by atoms with Crippen LogP contribution in [-0.4, -0.2) is 62.0 Å². The summed E-state index contributed by atoms with van der Waals surface area (Å²) in [6.45, 7) is 4.54. The first-order valence-electron chi connectivity index (χ1n) is 11.2. The lowest BCUT2D eigenvalue weighted by Gasteiger charge is -2.40. The van der Waals surface area contributed by atoms with Gasteiger partial charge in [-0.1, -0.05) is 12.5 Å². The van der Waals surface area contributed by atoms with Crippen LogP contribution in [0.2, 0.25) is 0 Å². The van der Waals surface area contributed by atoms with Gasteiger partial charge >= 0.3 is 0 Å². The third-order valence-electron chi connectivity index (χ3n) is 6.34. The summed E-state index contributed by atoms with van der Waals surface area (Å²) in [4.78, 5) is 39.4. The third kappa shape index (κ3) is 5.76. The number of likely N-dealkylation sites (tertiary alicyclic amines) is 1. The molecule has 2 aliphatic rings. The van der Waals surface area contributed by atoms with E-state index in [2.05, 4.69) is 10.6 Å². The Morgan fingerprint density at radius 1 is 1.10 bits per heavy atom. The minimum atomic E-state index is -0.476. The Morgan fingerprint density at radius 2 is 1.84 bits per heavy atom. The third-order valence-corrected chi connectivity index (χ3v) is 6.34. The van der Waals surface area contributed by atoms with Crippen molar-refractivity contribution in [2.24, 2.45) is 11.1 Å². The van der Waals surface area contributed by atoms with E-state index in [-0.39, 0.29) is 24.3 Å². The Bertz CT molecular complexity index is 803. The van der Waals surface area contributed by atoms with E-state index >= 15 is 0 Å². The summed E-state index contributed by atoms with van der Waals surface area (Å²) in [5, 5.41) is 6.06. The van der Waals surface area contributed by atoms with Gasteiger partial charge in [-0.2, -0.15) is 0 Å². The molecule has 0 unspecified atom stereocenters. The van der Waals surface area contributed by atoms with Gasteiger partial charge in [-0.3, -0.25) is 14.4 Å². The van der Waals surface area contributed by atoms with Crippen LogP contribution in [0.15, 0.2) is 18.2 Å². The number of piperidine rings is 1. The molecule has 8 nitrogen and oxygen atoms in total. The number of aryl methyl sites for hydroxylation is 1. The number of fused-ring (bicyclic) bond motifs is 1. The van der Waals surface area contributed by atoms with Crippen molar-refractivity contribution >= 4 is 17.7 Å². The second-order valence-corrected chi connectivity index (χ2v) is 8.54. The Balaban J connectivity index is 1.67. The van der Waals surface area contributed by atoms with Crippen LogP contribution >= 0.6 is 0 Å². The van der Waals surface area contributed by atoms with Crippen molar-refractivity contribution in [3.8, 4) is 5.75 Å². The molecule has 1 spiro atoms. The lowest BCUT2D eigenvalue weighted by atomic mass is 9.73. The largest absolute Gasteiger partial charge is 0.493 e. The van der Waals surface area contributed by atoms with Crippen LogP contribution in [0.3, 0.4) is 0 Å². The number of nitrogens with two attached hydrogens (primary N) is 1. The molecule has 0 saturated carbocycles. The maximum Gasteiger partial charge on any atom is 0.255 e. The molecular weight excluding hydrogens is 396 g/mol. The first-order chi connectivity index (χ1) is 14.9. The minimum absolute atomic E-state index is 0.000802. The number of rotatable bonds is 1. The van der Waals surface area contributed by atoms with Crippen molar-refractivity contribution in [1.82, 2.24) is 15.5 Å². The smallest absolute Gasteiger partial charge is 0.255 e. The highest BCUT2D eigenvalue weighted by atomic mass is 16.5. The summed E-state index contributed by atoms with van der Waals surface area (Å²) < 4.78 is 5.87. The molecule has 0 bridgehead atoms. The Kier molecular flexibility index (Phi) is 7.90. The molecule has 31 heavy (non-hydrogen) atoms. The number of carbonyl (C=O) groups is 3. The molecule has 8 heteroatoms. The van der Waals surface area contributed by atoms with E-state index in [1.54, 1.807) is 11.0 Å². The average molecular weight is 431 g/mol. The quantitative estimate of drug-likeness (QED) is 0.623. The van der Waals surface area contributed by atoms with Crippen LogP contribution < -0.4 is 21.1 Å². The van der Waals surface area contributed by atoms with Crippen LogP contribution in [0.25, 0.3) is 0 Å². The van der Waals surface area contributed by atoms with Crippen LogP contribution in [0, 0.1) is 12.3 Å². The monoisotopic (exact) mass is 430 g/mol. The van der Waals surface area contributed by atoms with Crippen LogP contribution in [0.5, 0.6) is 5.75 Å². The molecule has 0 aliphatic carbocycles. The molecule has 1 saturated heterocycles. The van der Waals surface area contributed by atoms with E-state index < -0.39 is 5.41 Å². The van der Waals surface area contributed by atoms with Crippen molar-refractivity contribution in [1.29, 1.82) is 0 Å². The predicted molar refractivity (Wildman–Crippen MR) is 118 cm³/mol. The molecule has 170 valence electrons. The van der Waals surface area contributed by atoms with Gasteiger partial charge in [0.15, 0.2) is 0 Å². The van der Waals surface area contributed by atoms with Crippen molar-refractivity contribution < 1.29 is 19.1 Å². The number of nitrogens with one attached hydrogen (secondary N) is 2. The Hall–Kier alpha value is -2.61. The summed E-state index contributed by atoms with van der Waals surface area (Å²) >= 11 is 0. The molecule has 2 heterocycles. The fraction of sp³-hybridized carbons (Fsp3) is 0.609. The van der Waals surface area contributed by atoms with Crippen molar-refractivity contribution in [3.63, 3.8) is 0 Å². The molecule has 0 radical (unpaired) electrons. The van der Waals surface area contributed by atoms with Gasteiger partial charge < -0.3 is 26.0 Å². The molecule has 4 N–H and O–H groups in total. The molecule has 0 atom stereocenters. The molecule has 2 aliphatic heterocycles. The van der Waals surface area contributed by atoms with Crippen molar-refractivity contribution in [2.75, 3.05) is 39.3 Å². The van der Waals surface area contributed by atoms with Crippen molar-refractivity contribution in [2.45, 2.75) is 45.4 Å². The summed E-state index contributed by atoms with van der Waals surface area (Å²) in [6.07, 6.45) is 4.28. The van der Waals surface area contributed by atoms with Gasteiger partial charge in [-0.05, 0) is 56.7 Å². The van der Waals surface area contributed by atoms with Crippen LogP contribution in [0.1, 0.15) is 54.4 Å². The van der Waals surface area contributed by atoms with Gasteiger partial charge in [-0.15, -0.1) is 0 Å². The molecule has 1 aromatic rings. The number of benzene rings is 1. The first-order valence-corrected chi connectivity index (χ1v) is 11.2. The standard InChI is InChI=1S/C23H34N4O4/c1-17-5-6-18-19(15-17)31-14-4-11-26-22(30)23(7-2-3-10-25-21(18)29)8-12-27(13-9-23)20(28)16-24/h5-6,15H,2-4,7-14,16,24H2,1H3,(H,25,29)(H,26,30). The van der Waals surface area contributed by atoms with E-state index in [1.165, 1.54) is 0 Å². The zero-order valence-corrected chi connectivity index (χ0v) is 18.4. The van der Waals surface area contributed by atoms with E-state index in [0.29, 0.717) is 63.4 Å². The normalized spacial score (nSPS) is 20.5. The molecule has 1 aromatic carbocycles. The summed E-state index contributed by atoms with van der Waals surface area (Å²) in [5.74, 6) is 0.430. The van der Waals surface area contributed by atoms with E-state index in [4.69, 9.17) is 10.5 Å². The zero-order valence-electron chi connectivity index (χ0n) is 18.4. The fourth-order valence-corrected chi connectivity index (χ4v) is 4.37. The lowest BCUT2D eigenvalue weighted by molar-refractivity contribution is -0.140. The topological polar surface area (TPSA) is 114 Å². The van der Waals surface area contributed by atoms with Crippen LogP contribution in [-0.2, 0) is 9.59 Å². The number of nitrogens with zero attached hydrogens (tertiary/aromatic N) is 1. The summed E-state index contributed by atoms with van der Waals surface area (Å²) in [5.41, 5.74) is 6.58. The molecule has 3 rings (SSSR count). The molecular formula is C23H34N4O4. The maximum absolute atomic E-state index is 13.1. The van der Waals surface area contributed by atoms with E-state index in [1.807, 2.05) is 19.1 Å². The highest BCUT2D eigenvalue weighted by molar-refractivity contribution is 5.97. The average Bonchev–Trinajstić information content (AvgIpc) is 2.78. The first kappa shape index (κ1) is 23.1. The van der Waals surface area contributed by atoms with Gasteiger partial charge in [0.2, 0.25) is 11.8 Å². The van der Waals surface area contributed by atoms with Gasteiger partial charge in [0.25, 0.3) is 5.91 Å². The number of ether oxygens (including phenoxy) is 1. The fourth-order valence-electron chi connectivity index (χ4n) is 4.37. The zero-order chi connectivity index (χ0) is 22.3. The highest BCUT2D eigenvalue weighted by Gasteiger charge is 2.41. The lowest BCUT2D eigenvalue weighted by Crippen LogP contribution is -2.51. The van der Waals surface area contributed by atoms with Gasteiger partial charge in [0, 0.05) is 26.2 Å². The second kappa shape index (κ2) is 10.6. The van der Waals surface area contributed by atoms with Gasteiger partial charge in [0.1, 0.15) is 5.75 Å². The van der Waals surface area contributed by atoms with E-state index in [9.17, 15) is 14.4 Å². The summed E-state index contributed by atoms with van der Waals surface area (Å²) in [7, 11) is 0. The minimum Gasteiger partial charge on any atom is -0.493 e. The van der Waals surface area contributed by atoms with Gasteiger partial charge in [0.05, 0.1) is 24.1 Å². The SMILES string of the molecule is Cc1ccc2c(c1)OCCCNC(=O)C1(CCCCNC2=O)CCN(C(=O)CN)CC1. The van der Waals surface area contributed by atoms with Crippen molar-refractivity contribution in [3.05, 3.63) is 29.3 Å². The van der Waals surface area contributed by atoms with Crippen LogP contribution in [0.4, 0.5) is 0 Å².